The molecule has 0 spiro atoms. The molecule has 0 aliphatic carbocycles. The Morgan fingerprint density at radius 1 is 1.23 bits per heavy atom. The second-order valence-electron chi connectivity index (χ2n) is 3.97. The van der Waals surface area contributed by atoms with Crippen molar-refractivity contribution in [2.45, 2.75) is 19.4 Å². The van der Waals surface area contributed by atoms with Crippen LogP contribution in [0.4, 0.5) is 0 Å². The second-order valence-corrected chi connectivity index (χ2v) is 3.97. The van der Waals surface area contributed by atoms with Crippen molar-refractivity contribution in [2.75, 3.05) is 14.1 Å². The Labute approximate surface area is 80.0 Å². The highest BCUT2D eigenvalue weighted by Crippen LogP contribution is 2.10. The average molecular weight is 179 g/mol. The zero-order valence-electron chi connectivity index (χ0n) is 8.53. The summed E-state index contributed by atoms with van der Waals surface area (Å²) in [5.74, 6) is 0. The van der Waals surface area contributed by atoms with Crippen LogP contribution >= 0.6 is 0 Å². The number of quaternary nitrogens is 1. The van der Waals surface area contributed by atoms with Crippen molar-refractivity contribution < 1.29 is 4.65 Å². The summed E-state index contributed by atoms with van der Waals surface area (Å²) < 4.78 is -0.227. The van der Waals surface area contributed by atoms with Crippen LogP contribution in [0.25, 0.3) is 0 Å². The van der Waals surface area contributed by atoms with Gasteiger partial charge < -0.3 is 9.85 Å². The van der Waals surface area contributed by atoms with Gasteiger partial charge in [0.15, 0.2) is 0 Å². The average Bonchev–Trinajstić information content (AvgIpc) is 2.04. The number of hydroxylamine groups is 3. The Balaban J connectivity index is 2.61. The first-order chi connectivity index (χ1) is 6.00. The molecule has 0 N–H and O–H groups in total. The maximum Gasteiger partial charge on any atom is 0.0895 e. The highest BCUT2D eigenvalue weighted by atomic mass is 16.5. The van der Waals surface area contributed by atoms with Gasteiger partial charge in [-0.3, -0.25) is 0 Å². The lowest BCUT2D eigenvalue weighted by Gasteiger charge is -2.40. The Bertz CT molecular complexity index is 251. The molecule has 0 aromatic heterocycles. The summed E-state index contributed by atoms with van der Waals surface area (Å²) in [5.41, 5.74) is 1.23. The summed E-state index contributed by atoms with van der Waals surface area (Å²) >= 11 is 0. The molecule has 1 rings (SSSR count). The maximum atomic E-state index is 11.5. The predicted molar refractivity (Wildman–Crippen MR) is 55.1 cm³/mol. The van der Waals surface area contributed by atoms with Gasteiger partial charge in [0.25, 0.3) is 0 Å². The van der Waals surface area contributed by atoms with Gasteiger partial charge in [-0.15, -0.1) is 0 Å². The van der Waals surface area contributed by atoms with Crippen LogP contribution in [0.2, 0.25) is 0 Å². The van der Waals surface area contributed by atoms with Crippen LogP contribution in [0.1, 0.15) is 12.5 Å². The van der Waals surface area contributed by atoms with E-state index in [1.807, 2.05) is 25.1 Å². The first kappa shape index (κ1) is 10.2. The lowest BCUT2D eigenvalue weighted by Crippen LogP contribution is -2.42. The smallest absolute Gasteiger partial charge is 0.0895 e. The van der Waals surface area contributed by atoms with Crippen molar-refractivity contribution in [3.63, 3.8) is 0 Å². The second kappa shape index (κ2) is 3.90. The first-order valence-corrected chi connectivity index (χ1v) is 4.59. The number of likely N-dealkylation sites (N-methyl/N-ethyl adjacent to an activating group) is 1. The fourth-order valence-electron chi connectivity index (χ4n) is 1.18. The summed E-state index contributed by atoms with van der Waals surface area (Å²) in [7, 11) is 3.38. The molecule has 0 bridgehead atoms. The summed E-state index contributed by atoms with van der Waals surface area (Å²) in [6.07, 6.45) is 0.845. The van der Waals surface area contributed by atoms with Crippen LogP contribution in [-0.4, -0.2) is 24.8 Å². The van der Waals surface area contributed by atoms with E-state index in [4.69, 9.17) is 0 Å². The van der Waals surface area contributed by atoms with Crippen LogP contribution in [0, 0.1) is 5.21 Å². The van der Waals surface area contributed by atoms with Gasteiger partial charge in [-0.05, 0) is 12.5 Å². The molecule has 0 heterocycles. The highest BCUT2D eigenvalue weighted by molar-refractivity contribution is 5.15. The minimum absolute atomic E-state index is 0.113. The van der Waals surface area contributed by atoms with Gasteiger partial charge in [-0.25, -0.2) is 0 Å². The third-order valence-electron chi connectivity index (χ3n) is 2.44. The van der Waals surface area contributed by atoms with E-state index in [-0.39, 0.29) is 10.7 Å². The molecule has 1 atom stereocenters. The molecule has 72 valence electrons. The first-order valence-electron chi connectivity index (χ1n) is 4.59. The standard InChI is InChI=1S/C11H17NO/c1-10(12(2,3)13)9-11-7-5-4-6-8-11/h4-8,10H,9H2,1-3H3. The topological polar surface area (TPSA) is 23.1 Å². The van der Waals surface area contributed by atoms with Crippen LogP contribution in [0.5, 0.6) is 0 Å². The molecule has 0 amide bonds. The molecule has 0 saturated heterocycles. The Kier molecular flexibility index (Phi) is 3.07. The molecule has 0 aliphatic rings. The van der Waals surface area contributed by atoms with Crippen LogP contribution in [0.15, 0.2) is 30.3 Å². The van der Waals surface area contributed by atoms with E-state index < -0.39 is 0 Å². The van der Waals surface area contributed by atoms with Gasteiger partial charge in [0.1, 0.15) is 0 Å². The Morgan fingerprint density at radius 2 is 1.77 bits per heavy atom. The third kappa shape index (κ3) is 3.17. The van der Waals surface area contributed by atoms with E-state index in [0.717, 1.165) is 6.42 Å². The Hall–Kier alpha value is -0.860. The number of rotatable bonds is 3. The van der Waals surface area contributed by atoms with Crippen LogP contribution in [0.3, 0.4) is 0 Å². The molecule has 2 nitrogen and oxygen atoms in total. The molecule has 0 fully saturated rings. The fraction of sp³-hybridized carbons (Fsp3) is 0.455. The normalized spacial score (nSPS) is 14.2. The summed E-state index contributed by atoms with van der Waals surface area (Å²) in [6, 6.07) is 10.2. The van der Waals surface area contributed by atoms with Gasteiger partial charge >= 0.3 is 0 Å². The molecule has 1 aromatic rings. The number of hydrogen-bond donors (Lipinski definition) is 0. The minimum atomic E-state index is -0.227. The van der Waals surface area contributed by atoms with Crippen molar-refractivity contribution in [1.82, 2.24) is 0 Å². The summed E-state index contributed by atoms with van der Waals surface area (Å²) in [4.78, 5) is 0. The van der Waals surface area contributed by atoms with E-state index in [2.05, 4.69) is 12.1 Å². The number of benzene rings is 1. The van der Waals surface area contributed by atoms with Gasteiger partial charge in [-0.1, -0.05) is 30.3 Å². The van der Waals surface area contributed by atoms with Crippen molar-refractivity contribution in [3.8, 4) is 0 Å². The molecule has 0 aliphatic heterocycles. The molecule has 0 saturated carbocycles. The monoisotopic (exact) mass is 179 g/mol. The van der Waals surface area contributed by atoms with Crippen LogP contribution in [-0.2, 0) is 6.42 Å². The van der Waals surface area contributed by atoms with E-state index in [0.29, 0.717) is 0 Å². The molecule has 1 aromatic carbocycles. The van der Waals surface area contributed by atoms with Gasteiger partial charge in [0.05, 0.1) is 20.1 Å². The summed E-state index contributed by atoms with van der Waals surface area (Å²) in [6.45, 7) is 1.99. The van der Waals surface area contributed by atoms with E-state index >= 15 is 0 Å². The lowest BCUT2D eigenvalue weighted by molar-refractivity contribution is -0.864. The zero-order valence-corrected chi connectivity index (χ0v) is 8.53. The van der Waals surface area contributed by atoms with E-state index in [1.54, 1.807) is 14.1 Å². The quantitative estimate of drug-likeness (QED) is 0.515. The minimum Gasteiger partial charge on any atom is -0.633 e. The largest absolute Gasteiger partial charge is 0.633 e. The molecular weight excluding hydrogens is 162 g/mol. The zero-order chi connectivity index (χ0) is 9.90. The molecule has 2 heteroatoms. The fourth-order valence-corrected chi connectivity index (χ4v) is 1.18. The van der Waals surface area contributed by atoms with E-state index in [9.17, 15) is 5.21 Å². The van der Waals surface area contributed by atoms with Gasteiger partial charge in [0, 0.05) is 6.42 Å². The Morgan fingerprint density at radius 3 is 2.23 bits per heavy atom. The molecule has 0 radical (unpaired) electrons. The molecule has 1 unspecified atom stereocenters. The SMILES string of the molecule is CC(Cc1ccccc1)[N+](C)(C)[O-]. The highest BCUT2D eigenvalue weighted by Gasteiger charge is 2.14. The number of nitrogens with zero attached hydrogens (tertiary/aromatic N) is 1. The van der Waals surface area contributed by atoms with E-state index in [1.165, 1.54) is 5.56 Å². The molecule has 13 heavy (non-hydrogen) atoms. The van der Waals surface area contributed by atoms with Crippen molar-refractivity contribution >= 4 is 0 Å². The number of hydrogen-bond acceptors (Lipinski definition) is 1. The maximum absolute atomic E-state index is 11.5. The third-order valence-corrected chi connectivity index (χ3v) is 2.44. The van der Waals surface area contributed by atoms with Gasteiger partial charge in [-0.2, -0.15) is 0 Å². The van der Waals surface area contributed by atoms with Gasteiger partial charge in [0.2, 0.25) is 0 Å². The predicted octanol–water partition coefficient (Wildman–Crippen LogP) is 2.19. The van der Waals surface area contributed by atoms with Crippen molar-refractivity contribution in [1.29, 1.82) is 0 Å². The van der Waals surface area contributed by atoms with Crippen molar-refractivity contribution in [2.24, 2.45) is 0 Å². The summed E-state index contributed by atoms with van der Waals surface area (Å²) in [5, 5.41) is 11.5. The van der Waals surface area contributed by atoms with Crippen LogP contribution < -0.4 is 0 Å². The lowest BCUT2D eigenvalue weighted by atomic mass is 10.1. The van der Waals surface area contributed by atoms with Crippen molar-refractivity contribution in [3.05, 3.63) is 41.1 Å². The molecular formula is C11H17NO.